The van der Waals surface area contributed by atoms with E-state index in [4.69, 9.17) is 15.0 Å². The van der Waals surface area contributed by atoms with Crippen LogP contribution in [0.15, 0.2) is 176 Å². The monoisotopic (exact) mass is 587 g/mol. The number of aromatic nitrogens is 3. The van der Waals surface area contributed by atoms with Crippen molar-refractivity contribution in [1.29, 1.82) is 0 Å². The van der Waals surface area contributed by atoms with E-state index in [2.05, 4.69) is 140 Å². The summed E-state index contributed by atoms with van der Waals surface area (Å²) in [6, 6.07) is 61.2. The molecule has 1 aromatic heterocycles. The highest BCUT2D eigenvalue weighted by Gasteiger charge is 2.14. The van der Waals surface area contributed by atoms with E-state index >= 15 is 0 Å². The number of rotatable bonds is 6. The molecule has 0 amide bonds. The fourth-order valence-electron chi connectivity index (χ4n) is 5.95. The maximum absolute atomic E-state index is 5.02. The third-order valence-corrected chi connectivity index (χ3v) is 8.34. The summed E-state index contributed by atoms with van der Waals surface area (Å²) in [7, 11) is 0. The third-order valence-electron chi connectivity index (χ3n) is 8.34. The van der Waals surface area contributed by atoms with Crippen LogP contribution < -0.4 is 0 Å². The van der Waals surface area contributed by atoms with E-state index in [9.17, 15) is 0 Å². The molecule has 0 unspecified atom stereocenters. The van der Waals surface area contributed by atoms with Crippen molar-refractivity contribution in [2.75, 3.05) is 0 Å². The summed E-state index contributed by atoms with van der Waals surface area (Å²) in [5.41, 5.74) is 9.86. The maximum atomic E-state index is 5.02. The molecular formula is C43H29N3. The Bertz CT molecular complexity index is 2280. The van der Waals surface area contributed by atoms with Gasteiger partial charge in [-0.1, -0.05) is 164 Å². The van der Waals surface area contributed by atoms with Crippen LogP contribution in [-0.2, 0) is 0 Å². The minimum atomic E-state index is 0.642. The van der Waals surface area contributed by atoms with Gasteiger partial charge in [-0.15, -0.1) is 0 Å². The number of hydrogen-bond acceptors (Lipinski definition) is 3. The Labute approximate surface area is 268 Å². The largest absolute Gasteiger partial charge is 0.208 e. The maximum Gasteiger partial charge on any atom is 0.164 e. The highest BCUT2D eigenvalue weighted by atomic mass is 15.0. The van der Waals surface area contributed by atoms with Gasteiger partial charge < -0.3 is 0 Å². The molecule has 0 N–H and O–H groups in total. The highest BCUT2D eigenvalue weighted by molar-refractivity contribution is 5.99. The lowest BCUT2D eigenvalue weighted by Crippen LogP contribution is -2.00. The Hall–Kier alpha value is -6.19. The molecule has 0 bridgehead atoms. The van der Waals surface area contributed by atoms with Crippen LogP contribution in [0.3, 0.4) is 0 Å². The first-order valence-electron chi connectivity index (χ1n) is 15.4. The summed E-state index contributed by atoms with van der Waals surface area (Å²) < 4.78 is 0. The lowest BCUT2D eigenvalue weighted by Gasteiger charge is -2.11. The zero-order valence-electron chi connectivity index (χ0n) is 25.1. The third kappa shape index (κ3) is 5.47. The van der Waals surface area contributed by atoms with Crippen LogP contribution in [-0.4, -0.2) is 15.0 Å². The van der Waals surface area contributed by atoms with Crippen LogP contribution in [0, 0.1) is 0 Å². The molecule has 0 aliphatic heterocycles. The minimum absolute atomic E-state index is 0.642. The van der Waals surface area contributed by atoms with Gasteiger partial charge in [-0.05, 0) is 56.3 Å². The summed E-state index contributed by atoms with van der Waals surface area (Å²) >= 11 is 0. The molecule has 8 aromatic rings. The summed E-state index contributed by atoms with van der Waals surface area (Å²) in [5.74, 6) is 1.94. The molecule has 0 spiro atoms. The van der Waals surface area contributed by atoms with Crippen molar-refractivity contribution in [3.8, 4) is 67.5 Å². The topological polar surface area (TPSA) is 38.7 Å². The molecule has 0 fully saturated rings. The Morgan fingerprint density at radius 1 is 0.261 bits per heavy atom. The fourth-order valence-corrected chi connectivity index (χ4v) is 5.95. The van der Waals surface area contributed by atoms with Gasteiger partial charge >= 0.3 is 0 Å². The number of nitrogens with zero attached hydrogens (tertiary/aromatic N) is 3. The quantitative estimate of drug-likeness (QED) is 0.194. The number of fused-ring (bicyclic) bond motifs is 1. The highest BCUT2D eigenvalue weighted by Crippen LogP contribution is 2.34. The lowest BCUT2D eigenvalue weighted by molar-refractivity contribution is 1.07. The summed E-state index contributed by atoms with van der Waals surface area (Å²) in [5, 5.41) is 2.44. The van der Waals surface area contributed by atoms with Gasteiger partial charge in [0.1, 0.15) is 0 Å². The average molecular weight is 588 g/mol. The van der Waals surface area contributed by atoms with Crippen LogP contribution in [0.5, 0.6) is 0 Å². The molecule has 0 aliphatic carbocycles. The second kappa shape index (κ2) is 12.1. The predicted octanol–water partition coefficient (Wildman–Crippen LogP) is 11.0. The van der Waals surface area contributed by atoms with Crippen molar-refractivity contribution in [3.63, 3.8) is 0 Å². The molecule has 0 saturated carbocycles. The van der Waals surface area contributed by atoms with Crippen LogP contribution in [0.25, 0.3) is 78.3 Å². The smallest absolute Gasteiger partial charge is 0.164 e. The summed E-state index contributed by atoms with van der Waals surface area (Å²) in [6.07, 6.45) is 0. The second-order valence-corrected chi connectivity index (χ2v) is 11.3. The Morgan fingerprint density at radius 3 is 1.37 bits per heavy atom. The normalized spacial score (nSPS) is 11.0. The van der Waals surface area contributed by atoms with Crippen molar-refractivity contribution in [2.24, 2.45) is 0 Å². The van der Waals surface area contributed by atoms with Gasteiger partial charge in [0.25, 0.3) is 0 Å². The van der Waals surface area contributed by atoms with E-state index in [1.165, 1.54) is 27.5 Å². The Morgan fingerprint density at radius 2 is 0.696 bits per heavy atom. The average Bonchev–Trinajstić information content (AvgIpc) is 3.15. The molecular weight excluding hydrogens is 558 g/mol. The van der Waals surface area contributed by atoms with Gasteiger partial charge in [-0.3, -0.25) is 0 Å². The first-order chi connectivity index (χ1) is 22.8. The van der Waals surface area contributed by atoms with Crippen molar-refractivity contribution in [1.82, 2.24) is 15.0 Å². The van der Waals surface area contributed by atoms with Crippen molar-refractivity contribution in [2.45, 2.75) is 0 Å². The number of benzene rings is 7. The molecule has 0 atom stereocenters. The molecule has 7 aromatic carbocycles. The number of hydrogen-bond donors (Lipinski definition) is 0. The molecule has 0 aliphatic rings. The second-order valence-electron chi connectivity index (χ2n) is 11.3. The summed E-state index contributed by atoms with van der Waals surface area (Å²) in [6.45, 7) is 0. The van der Waals surface area contributed by atoms with Crippen LogP contribution >= 0.6 is 0 Å². The van der Waals surface area contributed by atoms with Gasteiger partial charge in [0.15, 0.2) is 17.5 Å². The molecule has 3 nitrogen and oxygen atoms in total. The van der Waals surface area contributed by atoms with E-state index in [1.54, 1.807) is 0 Å². The van der Waals surface area contributed by atoms with Crippen LogP contribution in [0.1, 0.15) is 0 Å². The van der Waals surface area contributed by atoms with Crippen molar-refractivity contribution >= 4 is 10.8 Å². The van der Waals surface area contributed by atoms with Crippen LogP contribution in [0.4, 0.5) is 0 Å². The van der Waals surface area contributed by atoms with Crippen molar-refractivity contribution < 1.29 is 0 Å². The van der Waals surface area contributed by atoms with E-state index < -0.39 is 0 Å². The van der Waals surface area contributed by atoms with Gasteiger partial charge in [0, 0.05) is 16.7 Å². The lowest BCUT2D eigenvalue weighted by atomic mass is 9.94. The minimum Gasteiger partial charge on any atom is -0.208 e. The SMILES string of the molecule is c1ccc(-c2ccc(-c3nc(-c4ccccc4)nc(-c4cccc(-c5ccc6cccc(-c7ccccc7)c6c5)c4)n3)cc2)cc1. The fraction of sp³-hybridized carbons (Fsp3) is 0. The van der Waals surface area contributed by atoms with E-state index in [0.29, 0.717) is 17.5 Å². The molecule has 216 valence electrons. The standard InChI is InChI=1S/C43H29N3/c1-4-12-30(13-5-1)31-22-25-35(26-23-31)42-44-41(34-16-8-3-9-17-34)45-43(46-42)38-20-10-19-36(28-38)37-27-24-33-18-11-21-39(40(33)29-37)32-14-6-2-7-15-32/h1-29H. The Balaban J connectivity index is 1.22. The zero-order chi connectivity index (χ0) is 30.7. The summed E-state index contributed by atoms with van der Waals surface area (Å²) in [4.78, 5) is 14.9. The molecule has 8 rings (SSSR count). The van der Waals surface area contributed by atoms with Gasteiger partial charge in [0.05, 0.1) is 0 Å². The molecule has 46 heavy (non-hydrogen) atoms. The molecule has 0 radical (unpaired) electrons. The Kier molecular flexibility index (Phi) is 7.18. The molecule has 1 heterocycles. The molecule has 3 heteroatoms. The van der Waals surface area contributed by atoms with Crippen LogP contribution in [0.2, 0.25) is 0 Å². The van der Waals surface area contributed by atoms with E-state index in [0.717, 1.165) is 33.4 Å². The van der Waals surface area contributed by atoms with Gasteiger partial charge in [0.2, 0.25) is 0 Å². The molecule has 0 saturated heterocycles. The van der Waals surface area contributed by atoms with Crippen molar-refractivity contribution in [3.05, 3.63) is 176 Å². The van der Waals surface area contributed by atoms with Gasteiger partial charge in [-0.2, -0.15) is 0 Å². The first kappa shape index (κ1) is 27.4. The van der Waals surface area contributed by atoms with Gasteiger partial charge in [-0.25, -0.2) is 15.0 Å². The first-order valence-corrected chi connectivity index (χ1v) is 15.4. The predicted molar refractivity (Wildman–Crippen MR) is 190 cm³/mol. The zero-order valence-corrected chi connectivity index (χ0v) is 25.1. The van der Waals surface area contributed by atoms with E-state index in [1.807, 2.05) is 36.4 Å². The van der Waals surface area contributed by atoms with E-state index in [-0.39, 0.29) is 0 Å².